The summed E-state index contributed by atoms with van der Waals surface area (Å²) in [6.45, 7) is 0. The molecule has 0 radical (unpaired) electrons. The molecule has 54 valence electrons. The van der Waals surface area contributed by atoms with E-state index in [0.29, 0.717) is 0 Å². The predicted molar refractivity (Wildman–Crippen MR) is 44.9 cm³/mol. The van der Waals surface area contributed by atoms with Crippen molar-refractivity contribution >= 4 is 15.9 Å². The molecule has 1 aliphatic carbocycles. The van der Waals surface area contributed by atoms with Crippen molar-refractivity contribution in [2.45, 2.75) is 25.7 Å². The van der Waals surface area contributed by atoms with Crippen molar-refractivity contribution < 1.29 is 0 Å². The molecule has 0 bridgehead atoms. The van der Waals surface area contributed by atoms with Crippen LogP contribution in [-0.2, 0) is 0 Å². The first kappa shape index (κ1) is 7.81. The highest BCUT2D eigenvalue weighted by atomic mass is 79.9. The van der Waals surface area contributed by atoms with E-state index in [1.807, 2.05) is 0 Å². The first-order valence-electron chi connectivity index (χ1n) is 3.55. The zero-order valence-corrected chi connectivity index (χ0v) is 7.45. The second kappa shape index (κ2) is 3.78. The maximum atomic E-state index is 8.64. The van der Waals surface area contributed by atoms with Crippen molar-refractivity contribution in [1.29, 1.82) is 5.26 Å². The highest BCUT2D eigenvalue weighted by molar-refractivity contribution is 9.09. The molecule has 0 aliphatic heterocycles. The molecule has 1 nitrogen and oxygen atoms in total. The maximum absolute atomic E-state index is 8.64. The Bertz CT molecular complexity index is 188. The summed E-state index contributed by atoms with van der Waals surface area (Å²) >= 11 is 3.37. The van der Waals surface area contributed by atoms with Crippen LogP contribution >= 0.6 is 15.9 Å². The zero-order valence-electron chi connectivity index (χ0n) is 5.86. The Morgan fingerprint density at radius 2 is 2.30 bits per heavy atom. The summed E-state index contributed by atoms with van der Waals surface area (Å²) in [6.07, 6.45) is 4.40. The van der Waals surface area contributed by atoms with E-state index >= 15 is 0 Å². The van der Waals surface area contributed by atoms with Crippen LogP contribution in [0.1, 0.15) is 25.7 Å². The topological polar surface area (TPSA) is 23.8 Å². The van der Waals surface area contributed by atoms with E-state index in [2.05, 4.69) is 22.0 Å². The number of nitriles is 1. The third kappa shape index (κ3) is 1.60. The van der Waals surface area contributed by atoms with Gasteiger partial charge in [-0.25, -0.2) is 0 Å². The van der Waals surface area contributed by atoms with Crippen LogP contribution in [-0.4, -0.2) is 5.33 Å². The minimum Gasteiger partial charge on any atom is -0.193 e. The molecule has 0 atom stereocenters. The molecule has 10 heavy (non-hydrogen) atoms. The van der Waals surface area contributed by atoms with Gasteiger partial charge in [0.15, 0.2) is 0 Å². The van der Waals surface area contributed by atoms with Gasteiger partial charge in [0.25, 0.3) is 0 Å². The van der Waals surface area contributed by atoms with Gasteiger partial charge in [-0.15, -0.1) is 0 Å². The van der Waals surface area contributed by atoms with E-state index in [9.17, 15) is 0 Å². The Kier molecular flexibility index (Phi) is 2.95. The van der Waals surface area contributed by atoms with Crippen LogP contribution in [0, 0.1) is 11.3 Å². The number of alkyl halides is 1. The Hall–Kier alpha value is -0.290. The molecule has 0 aromatic rings. The Morgan fingerprint density at radius 1 is 1.50 bits per heavy atom. The minimum absolute atomic E-state index is 0.994. The van der Waals surface area contributed by atoms with Gasteiger partial charge in [-0.05, 0) is 25.7 Å². The SMILES string of the molecule is N#CC1=C(CCBr)CCC1. The van der Waals surface area contributed by atoms with Gasteiger partial charge in [0.2, 0.25) is 0 Å². The molecule has 0 fully saturated rings. The fourth-order valence-electron chi connectivity index (χ4n) is 1.33. The molecular formula is C8H10BrN. The van der Waals surface area contributed by atoms with Crippen molar-refractivity contribution in [1.82, 2.24) is 0 Å². The van der Waals surface area contributed by atoms with Gasteiger partial charge in [-0.3, -0.25) is 0 Å². The average molecular weight is 200 g/mol. The van der Waals surface area contributed by atoms with Crippen molar-refractivity contribution in [2.24, 2.45) is 0 Å². The lowest BCUT2D eigenvalue weighted by Gasteiger charge is -1.95. The Morgan fingerprint density at radius 3 is 2.90 bits per heavy atom. The molecule has 0 amide bonds. The van der Waals surface area contributed by atoms with Crippen LogP contribution in [0.5, 0.6) is 0 Å². The third-order valence-corrected chi connectivity index (χ3v) is 2.26. The van der Waals surface area contributed by atoms with Crippen molar-refractivity contribution in [2.75, 3.05) is 5.33 Å². The number of halogens is 1. The minimum atomic E-state index is 0.994. The number of rotatable bonds is 2. The summed E-state index contributed by atoms with van der Waals surface area (Å²) < 4.78 is 0. The van der Waals surface area contributed by atoms with Gasteiger partial charge >= 0.3 is 0 Å². The number of nitrogens with zero attached hydrogens (tertiary/aromatic N) is 1. The van der Waals surface area contributed by atoms with Crippen LogP contribution in [0.4, 0.5) is 0 Å². The second-order valence-electron chi connectivity index (χ2n) is 2.49. The Labute approximate surface area is 69.9 Å². The van der Waals surface area contributed by atoms with E-state index in [1.165, 1.54) is 12.0 Å². The standard InChI is InChI=1S/C8H10BrN/c9-5-4-7-2-1-3-8(7)6-10/h1-5H2. The van der Waals surface area contributed by atoms with Crippen LogP contribution in [0.3, 0.4) is 0 Å². The second-order valence-corrected chi connectivity index (χ2v) is 3.28. The lowest BCUT2D eigenvalue weighted by atomic mass is 10.1. The summed E-state index contributed by atoms with van der Waals surface area (Å²) in [6, 6.07) is 2.26. The summed E-state index contributed by atoms with van der Waals surface area (Å²) in [4.78, 5) is 0. The van der Waals surface area contributed by atoms with Crippen molar-refractivity contribution in [3.63, 3.8) is 0 Å². The Balaban J connectivity index is 2.61. The molecule has 0 aromatic heterocycles. The predicted octanol–water partition coefficient (Wildman–Crippen LogP) is 2.78. The van der Waals surface area contributed by atoms with Gasteiger partial charge < -0.3 is 0 Å². The molecule has 0 saturated carbocycles. The quantitative estimate of drug-likeness (QED) is 0.628. The smallest absolute Gasteiger partial charge is 0.0946 e. The molecule has 0 spiro atoms. The third-order valence-electron chi connectivity index (χ3n) is 1.86. The number of allylic oxidation sites excluding steroid dienone is 2. The van der Waals surface area contributed by atoms with Gasteiger partial charge in [0, 0.05) is 10.9 Å². The lowest BCUT2D eigenvalue weighted by Crippen LogP contribution is -1.82. The van der Waals surface area contributed by atoms with Crippen LogP contribution in [0.25, 0.3) is 0 Å². The van der Waals surface area contributed by atoms with E-state index in [0.717, 1.165) is 30.2 Å². The molecule has 0 heterocycles. The van der Waals surface area contributed by atoms with E-state index in [-0.39, 0.29) is 0 Å². The molecule has 0 unspecified atom stereocenters. The van der Waals surface area contributed by atoms with Crippen LogP contribution < -0.4 is 0 Å². The molecule has 0 aromatic carbocycles. The van der Waals surface area contributed by atoms with E-state index in [1.54, 1.807) is 0 Å². The molecule has 1 rings (SSSR count). The van der Waals surface area contributed by atoms with Gasteiger partial charge in [-0.1, -0.05) is 21.5 Å². The summed E-state index contributed by atoms with van der Waals surface area (Å²) in [7, 11) is 0. The van der Waals surface area contributed by atoms with Crippen LogP contribution in [0.15, 0.2) is 11.1 Å². The number of hydrogen-bond acceptors (Lipinski definition) is 1. The highest BCUT2D eigenvalue weighted by Gasteiger charge is 2.12. The molecule has 0 N–H and O–H groups in total. The fourth-order valence-corrected chi connectivity index (χ4v) is 1.81. The normalized spacial score (nSPS) is 17.6. The monoisotopic (exact) mass is 199 g/mol. The van der Waals surface area contributed by atoms with Crippen molar-refractivity contribution in [3.8, 4) is 6.07 Å². The maximum Gasteiger partial charge on any atom is 0.0946 e. The summed E-state index contributed by atoms with van der Waals surface area (Å²) in [5.74, 6) is 0. The highest BCUT2D eigenvalue weighted by Crippen LogP contribution is 2.27. The lowest BCUT2D eigenvalue weighted by molar-refractivity contribution is 0.880. The van der Waals surface area contributed by atoms with Crippen LogP contribution in [0.2, 0.25) is 0 Å². The van der Waals surface area contributed by atoms with E-state index < -0.39 is 0 Å². The zero-order chi connectivity index (χ0) is 7.40. The van der Waals surface area contributed by atoms with Crippen molar-refractivity contribution in [3.05, 3.63) is 11.1 Å². The summed E-state index contributed by atoms with van der Waals surface area (Å²) in [5, 5.41) is 9.63. The first-order chi connectivity index (χ1) is 4.88. The largest absolute Gasteiger partial charge is 0.193 e. The fraction of sp³-hybridized carbons (Fsp3) is 0.625. The van der Waals surface area contributed by atoms with Gasteiger partial charge in [0.05, 0.1) is 6.07 Å². The molecule has 2 heteroatoms. The summed E-state index contributed by atoms with van der Waals surface area (Å²) in [5.41, 5.74) is 2.42. The molecular weight excluding hydrogens is 190 g/mol. The van der Waals surface area contributed by atoms with Gasteiger partial charge in [-0.2, -0.15) is 5.26 Å². The molecule has 0 saturated heterocycles. The first-order valence-corrected chi connectivity index (χ1v) is 4.67. The number of hydrogen-bond donors (Lipinski definition) is 0. The molecule has 1 aliphatic rings. The average Bonchev–Trinajstić information content (AvgIpc) is 2.36. The van der Waals surface area contributed by atoms with E-state index in [4.69, 9.17) is 5.26 Å². The van der Waals surface area contributed by atoms with Gasteiger partial charge in [0.1, 0.15) is 0 Å².